The molecule has 0 spiro atoms. The van der Waals surface area contributed by atoms with Crippen LogP contribution in [0.25, 0.3) is 11.2 Å². The second kappa shape index (κ2) is 4.79. The highest BCUT2D eigenvalue weighted by Crippen LogP contribution is 2.31. The largest absolute Gasteiger partial charge is 0.387 e. The van der Waals surface area contributed by atoms with Gasteiger partial charge in [-0.15, -0.1) is 0 Å². The molecule has 2 aromatic rings. The average Bonchev–Trinajstić information content (AvgIpc) is 2.96. The molecule has 3 heterocycles. The summed E-state index contributed by atoms with van der Waals surface area (Å²) in [5.41, 5.74) is 1.09. The van der Waals surface area contributed by atoms with E-state index in [-0.39, 0.29) is 6.61 Å². The fourth-order valence-electron chi connectivity index (χ4n) is 2.16. The number of hydrogen-bond acceptors (Lipinski definition) is 8. The third-order valence-corrected chi connectivity index (χ3v) is 3.11. The van der Waals surface area contributed by atoms with E-state index in [2.05, 4.69) is 19.8 Å². The van der Waals surface area contributed by atoms with Gasteiger partial charge >= 0.3 is 0 Å². The molecule has 0 bridgehead atoms. The summed E-state index contributed by atoms with van der Waals surface area (Å²) in [5.74, 6) is 4.96. The SMILES string of the molecule is NOC[C@H]1O[C@@H](n2cnc3cncnc32)[C@H](O)[C@@H]1O. The van der Waals surface area contributed by atoms with Gasteiger partial charge in [-0.3, -0.25) is 4.57 Å². The number of aliphatic hydroxyl groups is 2. The molecule has 0 saturated carbocycles. The van der Waals surface area contributed by atoms with E-state index in [1.165, 1.54) is 12.7 Å². The highest BCUT2D eigenvalue weighted by atomic mass is 16.6. The Kier molecular flexibility index (Phi) is 3.12. The number of fused-ring (bicyclic) bond motifs is 1. The van der Waals surface area contributed by atoms with E-state index in [9.17, 15) is 10.2 Å². The first-order valence-corrected chi connectivity index (χ1v) is 5.68. The number of nitrogens with zero attached hydrogens (tertiary/aromatic N) is 4. The smallest absolute Gasteiger partial charge is 0.165 e. The fourth-order valence-corrected chi connectivity index (χ4v) is 2.16. The van der Waals surface area contributed by atoms with Crippen molar-refractivity contribution < 1.29 is 19.8 Å². The van der Waals surface area contributed by atoms with E-state index in [4.69, 9.17) is 10.6 Å². The molecule has 9 heteroatoms. The second-order valence-electron chi connectivity index (χ2n) is 4.26. The predicted octanol–water partition coefficient (Wildman–Crippen LogP) is -1.66. The van der Waals surface area contributed by atoms with Crippen molar-refractivity contribution in [3.63, 3.8) is 0 Å². The van der Waals surface area contributed by atoms with Crippen molar-refractivity contribution >= 4 is 11.2 Å². The molecule has 0 unspecified atom stereocenters. The number of ether oxygens (including phenoxy) is 1. The normalized spacial score (nSPS) is 31.1. The van der Waals surface area contributed by atoms with Gasteiger partial charge in [-0.2, -0.15) is 0 Å². The number of aromatic nitrogens is 4. The van der Waals surface area contributed by atoms with Crippen molar-refractivity contribution in [2.75, 3.05) is 6.61 Å². The van der Waals surface area contributed by atoms with Gasteiger partial charge in [0.25, 0.3) is 0 Å². The molecule has 9 nitrogen and oxygen atoms in total. The Morgan fingerprint density at radius 1 is 1.37 bits per heavy atom. The zero-order valence-corrected chi connectivity index (χ0v) is 9.83. The zero-order chi connectivity index (χ0) is 13.4. The summed E-state index contributed by atoms with van der Waals surface area (Å²) >= 11 is 0. The van der Waals surface area contributed by atoms with Crippen LogP contribution in [-0.4, -0.2) is 54.7 Å². The van der Waals surface area contributed by atoms with E-state index < -0.39 is 24.5 Å². The molecule has 0 radical (unpaired) electrons. The second-order valence-corrected chi connectivity index (χ2v) is 4.26. The van der Waals surface area contributed by atoms with Gasteiger partial charge in [-0.1, -0.05) is 0 Å². The maximum Gasteiger partial charge on any atom is 0.165 e. The third kappa shape index (κ3) is 1.97. The third-order valence-electron chi connectivity index (χ3n) is 3.11. The lowest BCUT2D eigenvalue weighted by Gasteiger charge is -2.16. The zero-order valence-electron chi connectivity index (χ0n) is 9.83. The van der Waals surface area contributed by atoms with Crippen LogP contribution in [0.5, 0.6) is 0 Å². The molecular weight excluding hydrogens is 254 g/mol. The van der Waals surface area contributed by atoms with E-state index in [0.29, 0.717) is 11.2 Å². The Balaban J connectivity index is 1.94. The van der Waals surface area contributed by atoms with Crippen LogP contribution in [-0.2, 0) is 9.57 Å². The maximum atomic E-state index is 10.0. The molecule has 19 heavy (non-hydrogen) atoms. The minimum Gasteiger partial charge on any atom is -0.387 e. The molecular formula is C10H13N5O4. The quantitative estimate of drug-likeness (QED) is 0.563. The molecule has 0 aromatic carbocycles. The minimum absolute atomic E-state index is 0.0175. The van der Waals surface area contributed by atoms with Crippen LogP contribution in [0.1, 0.15) is 6.23 Å². The van der Waals surface area contributed by atoms with Crippen LogP contribution in [0, 0.1) is 0 Å². The minimum atomic E-state index is -1.12. The molecule has 1 aliphatic rings. The van der Waals surface area contributed by atoms with Gasteiger partial charge in [0.15, 0.2) is 11.9 Å². The fraction of sp³-hybridized carbons (Fsp3) is 0.500. The molecule has 1 fully saturated rings. The summed E-state index contributed by atoms with van der Waals surface area (Å²) in [4.78, 5) is 16.5. The first kappa shape index (κ1) is 12.4. The molecule has 1 aliphatic heterocycles. The first-order valence-electron chi connectivity index (χ1n) is 5.68. The Morgan fingerprint density at radius 2 is 2.21 bits per heavy atom. The van der Waals surface area contributed by atoms with E-state index in [1.54, 1.807) is 10.8 Å². The molecule has 4 atom stereocenters. The lowest BCUT2D eigenvalue weighted by molar-refractivity contribution is -0.0660. The van der Waals surface area contributed by atoms with Crippen LogP contribution >= 0.6 is 0 Å². The molecule has 4 N–H and O–H groups in total. The van der Waals surface area contributed by atoms with Crippen LogP contribution in [0.4, 0.5) is 0 Å². The highest BCUT2D eigenvalue weighted by Gasteiger charge is 2.44. The predicted molar refractivity (Wildman–Crippen MR) is 61.4 cm³/mol. The van der Waals surface area contributed by atoms with Crippen molar-refractivity contribution in [1.82, 2.24) is 19.5 Å². The Hall–Kier alpha value is -1.65. The van der Waals surface area contributed by atoms with Crippen LogP contribution < -0.4 is 5.90 Å². The topological polar surface area (TPSA) is 129 Å². The lowest BCUT2D eigenvalue weighted by atomic mass is 10.1. The number of imidazole rings is 1. The van der Waals surface area contributed by atoms with Crippen molar-refractivity contribution in [1.29, 1.82) is 0 Å². The van der Waals surface area contributed by atoms with Crippen LogP contribution in [0.15, 0.2) is 18.9 Å². The first-order chi connectivity index (χ1) is 9.22. The summed E-state index contributed by atoms with van der Waals surface area (Å²) in [6.45, 7) is -0.0175. The van der Waals surface area contributed by atoms with Gasteiger partial charge in [-0.05, 0) is 0 Å². The summed E-state index contributed by atoms with van der Waals surface area (Å²) in [6.07, 6.45) is 0.696. The average molecular weight is 267 g/mol. The number of rotatable bonds is 3. The molecule has 0 amide bonds. The summed E-state index contributed by atoms with van der Waals surface area (Å²) in [5, 5.41) is 19.9. The molecule has 2 aromatic heterocycles. The van der Waals surface area contributed by atoms with E-state index in [1.807, 2.05) is 0 Å². The van der Waals surface area contributed by atoms with Crippen LogP contribution in [0.2, 0.25) is 0 Å². The van der Waals surface area contributed by atoms with Crippen molar-refractivity contribution in [3.05, 3.63) is 18.9 Å². The summed E-state index contributed by atoms with van der Waals surface area (Å²) in [6, 6.07) is 0. The summed E-state index contributed by atoms with van der Waals surface area (Å²) in [7, 11) is 0. The number of aliphatic hydroxyl groups excluding tert-OH is 2. The van der Waals surface area contributed by atoms with Crippen molar-refractivity contribution in [2.45, 2.75) is 24.5 Å². The maximum absolute atomic E-state index is 10.0. The highest BCUT2D eigenvalue weighted by molar-refractivity contribution is 5.68. The molecule has 3 rings (SSSR count). The van der Waals surface area contributed by atoms with Gasteiger partial charge in [0.1, 0.15) is 30.2 Å². The van der Waals surface area contributed by atoms with Gasteiger partial charge in [0, 0.05) is 0 Å². The van der Waals surface area contributed by atoms with Crippen molar-refractivity contribution in [2.24, 2.45) is 5.90 Å². The summed E-state index contributed by atoms with van der Waals surface area (Å²) < 4.78 is 7.08. The monoisotopic (exact) mass is 267 g/mol. The van der Waals surface area contributed by atoms with Gasteiger partial charge in [0.05, 0.1) is 19.1 Å². The van der Waals surface area contributed by atoms with E-state index >= 15 is 0 Å². The standard InChI is InChI=1S/C10H13N5O4/c11-18-2-6-7(16)8(17)10(19-6)15-4-14-5-1-12-3-13-9(5)15/h1,3-4,6-8,10,16-17H,2,11H2/t6-,7-,8-,10-/m1/s1. The Bertz CT molecular complexity index is 576. The van der Waals surface area contributed by atoms with Gasteiger partial charge < -0.3 is 19.8 Å². The Labute approximate surface area is 107 Å². The number of nitrogens with two attached hydrogens (primary N) is 1. The van der Waals surface area contributed by atoms with E-state index in [0.717, 1.165) is 0 Å². The van der Waals surface area contributed by atoms with Gasteiger partial charge in [-0.25, -0.2) is 20.8 Å². The molecule has 102 valence electrons. The Morgan fingerprint density at radius 3 is 3.00 bits per heavy atom. The molecule has 0 aliphatic carbocycles. The van der Waals surface area contributed by atoms with Crippen LogP contribution in [0.3, 0.4) is 0 Å². The molecule has 1 saturated heterocycles. The van der Waals surface area contributed by atoms with Crippen molar-refractivity contribution in [3.8, 4) is 0 Å². The van der Waals surface area contributed by atoms with Gasteiger partial charge in [0.2, 0.25) is 0 Å². The lowest BCUT2D eigenvalue weighted by Crippen LogP contribution is -2.34. The number of hydrogen-bond donors (Lipinski definition) is 3.